The Kier molecular flexibility index (Phi) is 5.76. The van der Waals surface area contributed by atoms with Gasteiger partial charge in [-0.25, -0.2) is 9.18 Å². The van der Waals surface area contributed by atoms with E-state index < -0.39 is 17.4 Å². The van der Waals surface area contributed by atoms with Gasteiger partial charge < -0.3 is 20.5 Å². The van der Waals surface area contributed by atoms with Crippen LogP contribution in [0, 0.1) is 5.82 Å². The van der Waals surface area contributed by atoms with Crippen molar-refractivity contribution in [3.05, 3.63) is 59.9 Å². The number of methoxy groups -OCH3 is 1. The number of hydrogen-bond acceptors (Lipinski definition) is 3. The summed E-state index contributed by atoms with van der Waals surface area (Å²) in [6.07, 6.45) is 0.358. The summed E-state index contributed by atoms with van der Waals surface area (Å²) in [5, 5.41) is 15.4. The number of ether oxygens (including phenoxy) is 1. The summed E-state index contributed by atoms with van der Waals surface area (Å²) >= 11 is 0. The van der Waals surface area contributed by atoms with Gasteiger partial charge in [0, 0.05) is 13.0 Å². The molecule has 0 spiro atoms. The minimum absolute atomic E-state index is 0.0271. The fourth-order valence-electron chi connectivity index (χ4n) is 2.25. The Hall–Kier alpha value is -2.60. The molecule has 1 unspecified atom stereocenters. The van der Waals surface area contributed by atoms with Crippen molar-refractivity contribution in [2.45, 2.75) is 18.9 Å². The number of benzene rings is 2. The second-order valence-corrected chi connectivity index (χ2v) is 5.81. The number of hydrogen-bond donors (Lipinski definition) is 3. The van der Waals surface area contributed by atoms with Crippen LogP contribution in [0.4, 0.5) is 14.9 Å². The minimum Gasteiger partial charge on any atom is -0.497 e. The van der Waals surface area contributed by atoms with Crippen LogP contribution < -0.4 is 15.4 Å². The molecule has 2 aromatic rings. The molecule has 2 amide bonds. The van der Waals surface area contributed by atoms with Crippen LogP contribution in [-0.2, 0) is 6.42 Å². The van der Waals surface area contributed by atoms with Gasteiger partial charge in [0.15, 0.2) is 0 Å². The van der Waals surface area contributed by atoms with Crippen LogP contribution in [0.1, 0.15) is 12.5 Å². The maximum absolute atomic E-state index is 13.5. The smallest absolute Gasteiger partial charge is 0.319 e. The van der Waals surface area contributed by atoms with E-state index >= 15 is 0 Å². The Morgan fingerprint density at radius 3 is 2.50 bits per heavy atom. The first-order valence-corrected chi connectivity index (χ1v) is 7.54. The molecule has 0 radical (unpaired) electrons. The molecule has 0 aliphatic heterocycles. The van der Waals surface area contributed by atoms with Crippen LogP contribution in [0.2, 0.25) is 0 Å². The highest BCUT2D eigenvalue weighted by molar-refractivity contribution is 5.89. The lowest BCUT2D eigenvalue weighted by molar-refractivity contribution is 0.0629. The van der Waals surface area contributed by atoms with Crippen molar-refractivity contribution < 1.29 is 19.0 Å². The van der Waals surface area contributed by atoms with Gasteiger partial charge in [-0.3, -0.25) is 0 Å². The van der Waals surface area contributed by atoms with Crippen LogP contribution in [-0.4, -0.2) is 30.4 Å². The first kappa shape index (κ1) is 17.7. The fourth-order valence-corrected chi connectivity index (χ4v) is 2.25. The van der Waals surface area contributed by atoms with Crippen molar-refractivity contribution in [3.63, 3.8) is 0 Å². The standard InChI is InChI=1S/C18H21FN2O3/c1-18(23,11-13-7-9-14(24-2)10-8-13)12-20-17(22)21-16-6-4-3-5-15(16)19/h3-10,23H,11-12H2,1-2H3,(H2,20,21,22). The van der Waals surface area contributed by atoms with Crippen molar-refractivity contribution in [2.75, 3.05) is 19.0 Å². The van der Waals surface area contributed by atoms with Crippen LogP contribution in [0.25, 0.3) is 0 Å². The summed E-state index contributed by atoms with van der Waals surface area (Å²) in [4.78, 5) is 11.8. The monoisotopic (exact) mass is 332 g/mol. The molecule has 6 heteroatoms. The number of anilines is 1. The number of halogens is 1. The molecule has 0 aromatic heterocycles. The summed E-state index contributed by atoms with van der Waals surface area (Å²) in [5.41, 5.74) is -0.136. The molecule has 0 fully saturated rings. The molecule has 128 valence electrons. The first-order valence-electron chi connectivity index (χ1n) is 7.54. The number of carbonyl (C=O) groups excluding carboxylic acids is 1. The van der Waals surface area contributed by atoms with E-state index in [9.17, 15) is 14.3 Å². The average molecular weight is 332 g/mol. The van der Waals surface area contributed by atoms with E-state index in [1.165, 1.54) is 18.2 Å². The molecule has 1 atom stereocenters. The van der Waals surface area contributed by atoms with E-state index in [1.807, 2.05) is 24.3 Å². The normalized spacial score (nSPS) is 13.0. The average Bonchev–Trinajstić information content (AvgIpc) is 2.56. The minimum atomic E-state index is -1.14. The quantitative estimate of drug-likeness (QED) is 0.762. The highest BCUT2D eigenvalue weighted by Gasteiger charge is 2.22. The summed E-state index contributed by atoms with van der Waals surface area (Å²) < 4.78 is 18.6. The van der Waals surface area contributed by atoms with Crippen LogP contribution in [0.15, 0.2) is 48.5 Å². The van der Waals surface area contributed by atoms with Crippen LogP contribution in [0.3, 0.4) is 0 Å². The summed E-state index contributed by atoms with van der Waals surface area (Å²) in [7, 11) is 1.59. The van der Waals surface area contributed by atoms with Crippen molar-refractivity contribution in [3.8, 4) is 5.75 Å². The van der Waals surface area contributed by atoms with Gasteiger partial charge in [-0.15, -0.1) is 0 Å². The lowest BCUT2D eigenvalue weighted by Gasteiger charge is -2.24. The molecule has 0 aliphatic carbocycles. The third kappa shape index (κ3) is 5.24. The topological polar surface area (TPSA) is 70.6 Å². The number of carbonyl (C=O) groups is 1. The zero-order chi connectivity index (χ0) is 17.6. The van der Waals surface area contributed by atoms with Crippen molar-refractivity contribution >= 4 is 11.7 Å². The van der Waals surface area contributed by atoms with Gasteiger partial charge in [0.1, 0.15) is 11.6 Å². The fraction of sp³-hybridized carbons (Fsp3) is 0.278. The number of aliphatic hydroxyl groups is 1. The third-order valence-corrected chi connectivity index (χ3v) is 3.50. The predicted molar refractivity (Wildman–Crippen MR) is 90.7 cm³/mol. The molecule has 2 rings (SSSR count). The van der Waals surface area contributed by atoms with Gasteiger partial charge in [-0.2, -0.15) is 0 Å². The van der Waals surface area contributed by atoms with Crippen molar-refractivity contribution in [1.29, 1.82) is 0 Å². The lowest BCUT2D eigenvalue weighted by Crippen LogP contribution is -2.43. The second-order valence-electron chi connectivity index (χ2n) is 5.81. The number of nitrogens with one attached hydrogen (secondary N) is 2. The molecular weight excluding hydrogens is 311 g/mol. The van der Waals surface area contributed by atoms with E-state index in [0.29, 0.717) is 6.42 Å². The zero-order valence-corrected chi connectivity index (χ0v) is 13.7. The Morgan fingerprint density at radius 2 is 1.88 bits per heavy atom. The van der Waals surface area contributed by atoms with E-state index in [2.05, 4.69) is 10.6 Å². The molecule has 24 heavy (non-hydrogen) atoms. The van der Waals surface area contributed by atoms with E-state index in [1.54, 1.807) is 20.1 Å². The number of para-hydroxylation sites is 1. The maximum atomic E-state index is 13.5. The molecule has 0 saturated heterocycles. The number of urea groups is 1. The van der Waals surface area contributed by atoms with Gasteiger partial charge in [0.25, 0.3) is 0 Å². The maximum Gasteiger partial charge on any atom is 0.319 e. The molecule has 3 N–H and O–H groups in total. The largest absolute Gasteiger partial charge is 0.497 e. The van der Waals surface area contributed by atoms with Crippen LogP contribution in [0.5, 0.6) is 5.75 Å². The molecule has 0 aliphatic rings. The predicted octanol–water partition coefficient (Wildman–Crippen LogP) is 2.95. The Balaban J connectivity index is 1.87. The third-order valence-electron chi connectivity index (χ3n) is 3.50. The van der Waals surface area contributed by atoms with E-state index in [-0.39, 0.29) is 12.2 Å². The van der Waals surface area contributed by atoms with Crippen molar-refractivity contribution in [2.24, 2.45) is 0 Å². The molecule has 5 nitrogen and oxygen atoms in total. The van der Waals surface area contributed by atoms with E-state index in [4.69, 9.17) is 4.74 Å². The Morgan fingerprint density at radius 1 is 1.21 bits per heavy atom. The Bertz CT molecular complexity index is 687. The summed E-state index contributed by atoms with van der Waals surface area (Å²) in [6.45, 7) is 1.65. The molecular formula is C18H21FN2O3. The SMILES string of the molecule is COc1ccc(CC(C)(O)CNC(=O)Nc2ccccc2F)cc1. The van der Waals surface area contributed by atoms with E-state index in [0.717, 1.165) is 11.3 Å². The van der Waals surface area contributed by atoms with Gasteiger partial charge in [-0.1, -0.05) is 24.3 Å². The lowest BCUT2D eigenvalue weighted by atomic mass is 9.96. The summed E-state index contributed by atoms with van der Waals surface area (Å²) in [5.74, 6) is 0.221. The van der Waals surface area contributed by atoms with Gasteiger partial charge >= 0.3 is 6.03 Å². The number of amides is 2. The summed E-state index contributed by atoms with van der Waals surface area (Å²) in [6, 6.07) is 12.6. The number of rotatable bonds is 6. The Labute approximate surface area is 140 Å². The highest BCUT2D eigenvalue weighted by Crippen LogP contribution is 2.17. The highest BCUT2D eigenvalue weighted by atomic mass is 19.1. The van der Waals surface area contributed by atoms with Gasteiger partial charge in [0.05, 0.1) is 18.4 Å². The first-order chi connectivity index (χ1) is 11.4. The van der Waals surface area contributed by atoms with Crippen molar-refractivity contribution in [1.82, 2.24) is 5.32 Å². The van der Waals surface area contributed by atoms with Gasteiger partial charge in [0.2, 0.25) is 0 Å². The van der Waals surface area contributed by atoms with Gasteiger partial charge in [-0.05, 0) is 36.8 Å². The molecule has 0 heterocycles. The molecule has 0 bridgehead atoms. The molecule has 2 aromatic carbocycles. The second kappa shape index (κ2) is 7.79. The van der Waals surface area contributed by atoms with Crippen LogP contribution >= 0.6 is 0 Å². The molecule has 0 saturated carbocycles. The zero-order valence-electron chi connectivity index (χ0n) is 13.7.